The molecule has 0 aliphatic heterocycles. The maximum atomic E-state index is 11.0. The molecule has 0 amide bonds. The summed E-state index contributed by atoms with van der Waals surface area (Å²) >= 11 is 0. The van der Waals surface area contributed by atoms with Gasteiger partial charge in [-0.05, 0) is 37.3 Å². The van der Waals surface area contributed by atoms with Gasteiger partial charge in [-0.25, -0.2) is 0 Å². The highest BCUT2D eigenvalue weighted by Gasteiger charge is 2.22. The number of rotatable bonds is 8. The fourth-order valence-electron chi connectivity index (χ4n) is 2.53. The van der Waals surface area contributed by atoms with Crippen molar-refractivity contribution in [2.45, 2.75) is 51.5 Å². The van der Waals surface area contributed by atoms with E-state index in [4.69, 9.17) is 0 Å². The van der Waals surface area contributed by atoms with Gasteiger partial charge >= 0.3 is 5.97 Å². The monoisotopic (exact) mass is 277 g/mol. The van der Waals surface area contributed by atoms with Crippen molar-refractivity contribution >= 4 is 5.97 Å². The van der Waals surface area contributed by atoms with Crippen molar-refractivity contribution in [1.29, 1.82) is 0 Å². The van der Waals surface area contributed by atoms with Crippen molar-refractivity contribution in [3.63, 3.8) is 0 Å². The first-order chi connectivity index (χ1) is 9.45. The summed E-state index contributed by atoms with van der Waals surface area (Å²) in [6.07, 6.45) is 2.37. The maximum absolute atomic E-state index is 11.0. The van der Waals surface area contributed by atoms with Crippen LogP contribution in [0.5, 0.6) is 0 Å². The third kappa shape index (κ3) is 5.74. The number of esters is 1. The Bertz CT molecular complexity index is 401. The van der Waals surface area contributed by atoms with Gasteiger partial charge in [0.2, 0.25) is 0 Å². The van der Waals surface area contributed by atoms with Crippen LogP contribution in [0.25, 0.3) is 0 Å². The molecule has 0 aliphatic rings. The second kappa shape index (κ2) is 8.05. The third-order valence-electron chi connectivity index (χ3n) is 3.65. The first-order valence-electron chi connectivity index (χ1n) is 7.31. The lowest BCUT2D eigenvalue weighted by atomic mass is 9.79. The summed E-state index contributed by atoms with van der Waals surface area (Å²) in [7, 11) is 1.43. The van der Waals surface area contributed by atoms with Gasteiger partial charge in [0.25, 0.3) is 0 Å². The normalized spacial score (nSPS) is 13.0. The van der Waals surface area contributed by atoms with Crippen LogP contribution in [0.2, 0.25) is 0 Å². The summed E-state index contributed by atoms with van der Waals surface area (Å²) in [4.78, 5) is 11.0. The van der Waals surface area contributed by atoms with Crippen LogP contribution in [0.4, 0.5) is 0 Å². The zero-order valence-electron chi connectivity index (χ0n) is 13.1. The van der Waals surface area contributed by atoms with Crippen LogP contribution in [0.15, 0.2) is 30.3 Å². The summed E-state index contributed by atoms with van der Waals surface area (Å²) < 4.78 is 4.63. The highest BCUT2D eigenvalue weighted by molar-refractivity contribution is 5.69. The topological polar surface area (TPSA) is 38.3 Å². The van der Waals surface area contributed by atoms with Gasteiger partial charge in [-0.1, -0.05) is 44.2 Å². The van der Waals surface area contributed by atoms with E-state index in [1.165, 1.54) is 12.7 Å². The lowest BCUT2D eigenvalue weighted by Crippen LogP contribution is -2.34. The van der Waals surface area contributed by atoms with Gasteiger partial charge in [0.05, 0.1) is 7.11 Å². The highest BCUT2D eigenvalue weighted by Crippen LogP contribution is 2.28. The second-order valence-electron chi connectivity index (χ2n) is 5.99. The predicted molar refractivity (Wildman–Crippen MR) is 82.8 cm³/mol. The Hall–Kier alpha value is -1.35. The molecular weight excluding hydrogens is 250 g/mol. The molecule has 1 N–H and O–H groups in total. The molecule has 0 aliphatic carbocycles. The number of hydrogen-bond acceptors (Lipinski definition) is 3. The zero-order valence-corrected chi connectivity index (χ0v) is 13.1. The van der Waals surface area contributed by atoms with Crippen molar-refractivity contribution in [2.75, 3.05) is 13.7 Å². The summed E-state index contributed by atoms with van der Waals surface area (Å²) in [5.41, 5.74) is 1.51. The van der Waals surface area contributed by atoms with Crippen LogP contribution in [0.1, 0.15) is 45.6 Å². The average Bonchev–Trinajstić information content (AvgIpc) is 2.43. The molecule has 1 unspecified atom stereocenters. The standard InChI is InChI=1S/C17H27NO2/c1-14(18-12-8-11-16(19)20-4)13-17(2,3)15-9-6-5-7-10-15/h5-7,9-10,14,18H,8,11-13H2,1-4H3. The molecule has 20 heavy (non-hydrogen) atoms. The largest absolute Gasteiger partial charge is 0.469 e. The number of benzene rings is 1. The van der Waals surface area contributed by atoms with Crippen LogP contribution in [-0.2, 0) is 14.9 Å². The molecule has 0 bridgehead atoms. The minimum atomic E-state index is -0.135. The van der Waals surface area contributed by atoms with Crippen LogP contribution < -0.4 is 5.32 Å². The Labute approximate surface area is 122 Å². The number of hydrogen-bond donors (Lipinski definition) is 1. The van der Waals surface area contributed by atoms with E-state index in [-0.39, 0.29) is 11.4 Å². The van der Waals surface area contributed by atoms with Gasteiger partial charge < -0.3 is 10.1 Å². The molecule has 1 rings (SSSR count). The average molecular weight is 277 g/mol. The summed E-state index contributed by atoms with van der Waals surface area (Å²) in [5.74, 6) is -0.135. The van der Waals surface area contributed by atoms with Crippen molar-refractivity contribution in [1.82, 2.24) is 5.32 Å². The first-order valence-corrected chi connectivity index (χ1v) is 7.31. The first kappa shape index (κ1) is 16.7. The van der Waals surface area contributed by atoms with Crippen molar-refractivity contribution in [2.24, 2.45) is 0 Å². The van der Waals surface area contributed by atoms with Crippen molar-refractivity contribution in [3.8, 4) is 0 Å². The summed E-state index contributed by atoms with van der Waals surface area (Å²) in [6, 6.07) is 11.0. The number of methoxy groups -OCH3 is 1. The lowest BCUT2D eigenvalue weighted by Gasteiger charge is -2.29. The lowest BCUT2D eigenvalue weighted by molar-refractivity contribution is -0.140. The minimum absolute atomic E-state index is 0.135. The smallest absolute Gasteiger partial charge is 0.305 e. The molecule has 0 spiro atoms. The van der Waals surface area contributed by atoms with Gasteiger partial charge in [0, 0.05) is 12.5 Å². The molecular formula is C17H27NO2. The Morgan fingerprint density at radius 3 is 2.55 bits per heavy atom. The Kier molecular flexibility index (Phi) is 6.73. The van der Waals surface area contributed by atoms with E-state index in [1.54, 1.807) is 0 Å². The van der Waals surface area contributed by atoms with E-state index in [2.05, 4.69) is 55.1 Å². The molecule has 3 heteroatoms. The fourth-order valence-corrected chi connectivity index (χ4v) is 2.53. The van der Waals surface area contributed by atoms with Crippen molar-refractivity contribution in [3.05, 3.63) is 35.9 Å². The minimum Gasteiger partial charge on any atom is -0.469 e. The molecule has 3 nitrogen and oxygen atoms in total. The Morgan fingerprint density at radius 2 is 1.95 bits per heavy atom. The summed E-state index contributed by atoms with van der Waals surface area (Å²) in [5, 5.41) is 3.48. The molecule has 0 fully saturated rings. The van der Waals surface area contributed by atoms with Crippen LogP contribution in [0, 0.1) is 0 Å². The van der Waals surface area contributed by atoms with Crippen LogP contribution in [0.3, 0.4) is 0 Å². The number of carbonyl (C=O) groups excluding carboxylic acids is 1. The molecule has 1 atom stereocenters. The van der Waals surface area contributed by atoms with Gasteiger partial charge in [0.15, 0.2) is 0 Å². The van der Waals surface area contributed by atoms with Crippen LogP contribution in [-0.4, -0.2) is 25.7 Å². The van der Waals surface area contributed by atoms with Gasteiger partial charge in [-0.2, -0.15) is 0 Å². The van der Waals surface area contributed by atoms with Gasteiger partial charge in [0.1, 0.15) is 0 Å². The molecule has 0 saturated heterocycles. The zero-order chi connectivity index (χ0) is 15.0. The molecule has 0 aromatic heterocycles. The summed E-state index contributed by atoms with van der Waals surface area (Å²) in [6.45, 7) is 7.59. The Balaban J connectivity index is 2.34. The fraction of sp³-hybridized carbons (Fsp3) is 0.588. The maximum Gasteiger partial charge on any atom is 0.305 e. The third-order valence-corrected chi connectivity index (χ3v) is 3.65. The number of ether oxygens (including phenoxy) is 1. The van der Waals surface area contributed by atoms with E-state index < -0.39 is 0 Å². The van der Waals surface area contributed by atoms with E-state index >= 15 is 0 Å². The van der Waals surface area contributed by atoms with E-state index in [0.717, 1.165) is 19.4 Å². The molecule has 112 valence electrons. The van der Waals surface area contributed by atoms with Gasteiger partial charge in [-0.15, -0.1) is 0 Å². The molecule has 1 aromatic carbocycles. The highest BCUT2D eigenvalue weighted by atomic mass is 16.5. The SMILES string of the molecule is COC(=O)CCCNC(C)CC(C)(C)c1ccccc1. The van der Waals surface area contributed by atoms with E-state index in [9.17, 15) is 4.79 Å². The van der Waals surface area contributed by atoms with Gasteiger partial charge in [-0.3, -0.25) is 4.79 Å². The number of nitrogens with one attached hydrogen (secondary N) is 1. The molecule has 1 aromatic rings. The molecule has 0 saturated carbocycles. The second-order valence-corrected chi connectivity index (χ2v) is 5.99. The van der Waals surface area contributed by atoms with E-state index in [0.29, 0.717) is 12.5 Å². The van der Waals surface area contributed by atoms with Crippen LogP contribution >= 0.6 is 0 Å². The molecule has 0 radical (unpaired) electrons. The predicted octanol–water partition coefficient (Wildman–Crippen LogP) is 3.29. The molecule has 0 heterocycles. The Morgan fingerprint density at radius 1 is 1.30 bits per heavy atom. The number of carbonyl (C=O) groups is 1. The quantitative estimate of drug-likeness (QED) is 0.585. The van der Waals surface area contributed by atoms with Crippen molar-refractivity contribution < 1.29 is 9.53 Å². The van der Waals surface area contributed by atoms with E-state index in [1.807, 2.05) is 6.07 Å².